The van der Waals surface area contributed by atoms with Crippen LogP contribution in [0.3, 0.4) is 0 Å². The van der Waals surface area contributed by atoms with E-state index < -0.39 is 29.5 Å². The number of furan rings is 1. The summed E-state index contributed by atoms with van der Waals surface area (Å²) in [6, 6.07) is 15.7. The first-order valence-corrected chi connectivity index (χ1v) is 13.1. The van der Waals surface area contributed by atoms with Crippen molar-refractivity contribution in [2.75, 3.05) is 16.4 Å². The highest BCUT2D eigenvalue weighted by molar-refractivity contribution is 8.03. The number of aryl methyl sites for hydroxylation is 2. The van der Waals surface area contributed by atoms with Gasteiger partial charge in [-0.05, 0) is 56.2 Å². The second-order valence-corrected chi connectivity index (χ2v) is 10.1. The number of nitriles is 1. The third-order valence-corrected chi connectivity index (χ3v) is 7.31. The number of anilines is 2. The predicted molar refractivity (Wildman–Crippen MR) is 147 cm³/mol. The van der Waals surface area contributed by atoms with E-state index in [-0.39, 0.29) is 22.6 Å². The normalized spacial score (nSPS) is 15.4. The number of hydrogen-bond donors (Lipinski definition) is 3. The van der Waals surface area contributed by atoms with Gasteiger partial charge in [0, 0.05) is 11.4 Å². The van der Waals surface area contributed by atoms with Crippen molar-refractivity contribution in [1.82, 2.24) is 5.32 Å². The average molecular weight is 567 g/mol. The van der Waals surface area contributed by atoms with Crippen LogP contribution in [0.2, 0.25) is 0 Å². The van der Waals surface area contributed by atoms with E-state index in [1.54, 1.807) is 19.1 Å². The lowest BCUT2D eigenvalue weighted by atomic mass is 9.85. The van der Waals surface area contributed by atoms with Crippen molar-refractivity contribution in [2.45, 2.75) is 32.9 Å². The number of amides is 2. The first-order valence-electron chi connectivity index (χ1n) is 12.1. The molecule has 2 aromatic carbocycles. The molecule has 0 aliphatic carbocycles. The molecule has 206 valence electrons. The van der Waals surface area contributed by atoms with Gasteiger partial charge < -0.3 is 20.4 Å². The Hall–Kier alpha value is -4.43. The first kappa shape index (κ1) is 28.6. The molecule has 0 bridgehead atoms. The first-order chi connectivity index (χ1) is 19.0. The van der Waals surface area contributed by atoms with Crippen molar-refractivity contribution in [3.63, 3.8) is 0 Å². The van der Waals surface area contributed by atoms with Gasteiger partial charge in [0.05, 0.1) is 51.4 Å². The zero-order chi connectivity index (χ0) is 29.0. The maximum atomic E-state index is 13.6. The van der Waals surface area contributed by atoms with Crippen molar-refractivity contribution >= 4 is 35.0 Å². The molecule has 1 aliphatic heterocycles. The monoisotopic (exact) mass is 566 g/mol. The molecule has 4 rings (SSSR count). The molecule has 0 fully saturated rings. The van der Waals surface area contributed by atoms with Crippen molar-refractivity contribution < 1.29 is 27.2 Å². The Bertz CT molecular complexity index is 1530. The zero-order valence-electron chi connectivity index (χ0n) is 21.8. The van der Waals surface area contributed by atoms with E-state index in [0.29, 0.717) is 22.2 Å². The molecule has 40 heavy (non-hydrogen) atoms. The molecule has 3 aromatic rings. The summed E-state index contributed by atoms with van der Waals surface area (Å²) >= 11 is 0.943. The van der Waals surface area contributed by atoms with E-state index in [0.717, 1.165) is 29.0 Å². The molecule has 2 amide bonds. The Labute approximate surface area is 233 Å². The minimum Gasteiger partial charge on any atom is -0.468 e. The number of nitrogens with zero attached hydrogens (tertiary/aromatic N) is 1. The number of hydrogen-bond acceptors (Lipinski definition) is 6. The molecule has 0 spiro atoms. The maximum absolute atomic E-state index is 13.6. The Morgan fingerprint density at radius 2 is 1.73 bits per heavy atom. The van der Waals surface area contributed by atoms with Crippen molar-refractivity contribution in [3.8, 4) is 6.07 Å². The number of para-hydroxylation sites is 2. The summed E-state index contributed by atoms with van der Waals surface area (Å²) in [4.78, 5) is 26.2. The van der Waals surface area contributed by atoms with Gasteiger partial charge in [0.25, 0.3) is 5.91 Å². The Kier molecular flexibility index (Phi) is 8.40. The number of rotatable bonds is 7. The van der Waals surface area contributed by atoms with Crippen molar-refractivity contribution in [1.29, 1.82) is 5.26 Å². The van der Waals surface area contributed by atoms with Gasteiger partial charge in [0.1, 0.15) is 5.76 Å². The van der Waals surface area contributed by atoms with Crippen LogP contribution in [0.15, 0.2) is 87.1 Å². The Morgan fingerprint density at radius 1 is 1.02 bits per heavy atom. The van der Waals surface area contributed by atoms with Crippen LogP contribution in [-0.2, 0) is 15.8 Å². The van der Waals surface area contributed by atoms with Gasteiger partial charge in [-0.1, -0.05) is 42.1 Å². The van der Waals surface area contributed by atoms with Crippen LogP contribution >= 0.6 is 11.8 Å². The summed E-state index contributed by atoms with van der Waals surface area (Å²) in [6.45, 7) is 5.42. The van der Waals surface area contributed by atoms with Gasteiger partial charge >= 0.3 is 6.18 Å². The van der Waals surface area contributed by atoms with Gasteiger partial charge in [0.2, 0.25) is 5.91 Å². The highest BCUT2D eigenvalue weighted by atomic mass is 32.2. The van der Waals surface area contributed by atoms with E-state index in [1.807, 2.05) is 32.0 Å². The fourth-order valence-electron chi connectivity index (χ4n) is 4.42. The van der Waals surface area contributed by atoms with Gasteiger partial charge in [-0.3, -0.25) is 9.59 Å². The number of halogens is 3. The summed E-state index contributed by atoms with van der Waals surface area (Å²) in [7, 11) is 0. The second kappa shape index (κ2) is 11.8. The molecule has 0 saturated heterocycles. The second-order valence-electron chi connectivity index (χ2n) is 9.07. The van der Waals surface area contributed by atoms with E-state index in [2.05, 4.69) is 22.0 Å². The molecule has 1 aliphatic rings. The highest BCUT2D eigenvalue weighted by Gasteiger charge is 2.37. The fourth-order valence-corrected chi connectivity index (χ4v) is 5.32. The van der Waals surface area contributed by atoms with Gasteiger partial charge in [-0.2, -0.15) is 18.4 Å². The maximum Gasteiger partial charge on any atom is 0.418 e. The topological polar surface area (TPSA) is 107 Å². The van der Waals surface area contributed by atoms with Gasteiger partial charge in [0.15, 0.2) is 0 Å². The molecule has 1 aromatic heterocycles. The Balaban J connectivity index is 1.60. The Morgan fingerprint density at radius 3 is 2.35 bits per heavy atom. The SMILES string of the molecule is CC1=C(C(=O)Nc2c(C)cccc2C)C(c2ccco2)C(C#N)=C(SCC(=O)Nc2ccccc2C(F)(F)F)N1. The summed E-state index contributed by atoms with van der Waals surface area (Å²) in [5.74, 6) is -1.93. The summed E-state index contributed by atoms with van der Waals surface area (Å²) in [5.41, 5.74) is 1.92. The third-order valence-electron chi connectivity index (χ3n) is 6.29. The molecule has 11 heteroatoms. The largest absolute Gasteiger partial charge is 0.468 e. The minimum absolute atomic E-state index is 0.140. The molecular formula is C29H25F3N4O3S. The summed E-state index contributed by atoms with van der Waals surface area (Å²) < 4.78 is 45.6. The zero-order valence-corrected chi connectivity index (χ0v) is 22.6. The van der Waals surface area contributed by atoms with Crippen LogP contribution in [0.1, 0.15) is 35.3 Å². The van der Waals surface area contributed by atoms with Crippen molar-refractivity contribution in [2.24, 2.45) is 0 Å². The molecule has 1 unspecified atom stereocenters. The van der Waals surface area contributed by atoms with Gasteiger partial charge in [-0.15, -0.1) is 0 Å². The summed E-state index contributed by atoms with van der Waals surface area (Å²) in [6.07, 6.45) is -3.20. The predicted octanol–water partition coefficient (Wildman–Crippen LogP) is 6.62. The molecule has 3 N–H and O–H groups in total. The van der Waals surface area contributed by atoms with Crippen LogP contribution in [0.4, 0.5) is 24.5 Å². The lowest BCUT2D eigenvalue weighted by Gasteiger charge is -2.28. The quantitative estimate of drug-likeness (QED) is 0.297. The molecule has 0 radical (unpaired) electrons. The van der Waals surface area contributed by atoms with Crippen LogP contribution in [0.25, 0.3) is 0 Å². The van der Waals surface area contributed by atoms with Crippen LogP contribution in [0.5, 0.6) is 0 Å². The molecule has 2 heterocycles. The number of nitrogens with one attached hydrogen (secondary N) is 3. The van der Waals surface area contributed by atoms with Crippen LogP contribution in [0, 0.1) is 25.2 Å². The van der Waals surface area contributed by atoms with E-state index in [4.69, 9.17) is 4.42 Å². The highest BCUT2D eigenvalue weighted by Crippen LogP contribution is 2.41. The van der Waals surface area contributed by atoms with E-state index in [9.17, 15) is 28.0 Å². The lowest BCUT2D eigenvalue weighted by Crippen LogP contribution is -2.31. The van der Waals surface area contributed by atoms with Crippen LogP contribution in [-0.4, -0.2) is 17.6 Å². The number of allylic oxidation sites excluding steroid dienone is 2. The van der Waals surface area contributed by atoms with Gasteiger partial charge in [-0.25, -0.2) is 0 Å². The molecular weight excluding hydrogens is 541 g/mol. The number of carbonyl (C=O) groups excluding carboxylic acids is 2. The summed E-state index contributed by atoms with van der Waals surface area (Å²) in [5, 5.41) is 18.7. The fraction of sp³-hybridized carbons (Fsp3) is 0.207. The molecule has 1 atom stereocenters. The van der Waals surface area contributed by atoms with E-state index >= 15 is 0 Å². The average Bonchev–Trinajstić information content (AvgIpc) is 3.43. The lowest BCUT2D eigenvalue weighted by molar-refractivity contribution is -0.137. The standard InChI is InChI=1S/C29H25F3N4O3S/c1-16-8-6-9-17(2)26(16)36-27(38)24-18(3)34-28(19(14-33)25(24)22-12-7-13-39-22)40-15-23(37)35-21-11-5-4-10-20(21)29(30,31)32/h4-13,25,34H,15H2,1-3H3,(H,35,37)(H,36,38). The minimum atomic E-state index is -4.63. The number of thioether (sulfide) groups is 1. The number of dihydropyridines is 1. The van der Waals surface area contributed by atoms with E-state index in [1.165, 1.54) is 24.5 Å². The number of alkyl halides is 3. The smallest absolute Gasteiger partial charge is 0.418 e. The number of carbonyl (C=O) groups is 2. The van der Waals surface area contributed by atoms with Crippen LogP contribution < -0.4 is 16.0 Å². The molecule has 0 saturated carbocycles. The molecule has 7 nitrogen and oxygen atoms in total. The third kappa shape index (κ3) is 6.07. The number of benzene rings is 2. The van der Waals surface area contributed by atoms with Crippen molar-refractivity contribution in [3.05, 3.63) is 105 Å².